The minimum atomic E-state index is 0.210. The first-order valence-corrected chi connectivity index (χ1v) is 12.0. The van der Waals surface area contributed by atoms with Crippen LogP contribution in [0.1, 0.15) is 85.5 Å². The Morgan fingerprint density at radius 1 is 0.783 bits per heavy atom. The molecule has 0 heterocycles. The Hall–Kier alpha value is 0.170. The predicted octanol–water partition coefficient (Wildman–Crippen LogP) is 6.31. The van der Waals surface area contributed by atoms with Crippen molar-refractivity contribution in [1.82, 2.24) is 5.32 Å². The molecule has 1 amide bonds. The van der Waals surface area contributed by atoms with Gasteiger partial charge < -0.3 is 5.32 Å². The average Bonchev–Trinajstić information content (AvgIpc) is 2.49. The largest absolute Gasteiger partial charge is 0.355 e. The van der Waals surface area contributed by atoms with E-state index >= 15 is 0 Å². The van der Waals surface area contributed by atoms with Gasteiger partial charge in [0, 0.05) is 24.5 Å². The summed E-state index contributed by atoms with van der Waals surface area (Å²) in [5.41, 5.74) is 0. The van der Waals surface area contributed by atoms with Gasteiger partial charge in [-0.25, -0.2) is 0 Å². The zero-order valence-corrected chi connectivity index (χ0v) is 17.5. The van der Waals surface area contributed by atoms with Crippen molar-refractivity contribution in [2.45, 2.75) is 85.5 Å². The smallest absolute Gasteiger partial charge is 0.220 e. The topological polar surface area (TPSA) is 29.1 Å². The molecular formula is C19H39NOS2. The molecule has 1 N–H and O–H groups in total. The summed E-state index contributed by atoms with van der Waals surface area (Å²) in [4.78, 5) is 11.5. The molecule has 0 unspecified atom stereocenters. The van der Waals surface area contributed by atoms with Crippen LogP contribution in [0, 0.1) is 11.8 Å². The van der Waals surface area contributed by atoms with Crippen molar-refractivity contribution < 1.29 is 4.79 Å². The van der Waals surface area contributed by atoms with E-state index in [1.165, 1.54) is 50.7 Å². The van der Waals surface area contributed by atoms with Gasteiger partial charge in [0.05, 0.1) is 0 Å². The SMILES string of the molecule is CC(C)CCCCCCCCSSCCNC(=O)CCC(C)C. The lowest BCUT2D eigenvalue weighted by Crippen LogP contribution is -2.25. The van der Waals surface area contributed by atoms with E-state index in [1.54, 1.807) is 0 Å². The molecule has 23 heavy (non-hydrogen) atoms. The van der Waals surface area contributed by atoms with E-state index in [-0.39, 0.29) is 5.91 Å². The third kappa shape index (κ3) is 20.1. The molecule has 0 saturated heterocycles. The van der Waals surface area contributed by atoms with Gasteiger partial charge in [0.25, 0.3) is 0 Å². The van der Waals surface area contributed by atoms with Crippen molar-refractivity contribution in [3.8, 4) is 0 Å². The molecule has 0 bridgehead atoms. The summed E-state index contributed by atoms with van der Waals surface area (Å²) in [6.45, 7) is 9.75. The second kappa shape index (κ2) is 17.0. The van der Waals surface area contributed by atoms with Crippen LogP contribution in [0.2, 0.25) is 0 Å². The Kier molecular flexibility index (Phi) is 17.1. The van der Waals surface area contributed by atoms with E-state index in [0.717, 1.165) is 24.6 Å². The molecule has 138 valence electrons. The lowest BCUT2D eigenvalue weighted by molar-refractivity contribution is -0.121. The normalized spacial score (nSPS) is 11.4. The lowest BCUT2D eigenvalue weighted by atomic mass is 10.0. The van der Waals surface area contributed by atoms with E-state index in [0.29, 0.717) is 12.3 Å². The highest BCUT2D eigenvalue weighted by Crippen LogP contribution is 2.22. The minimum Gasteiger partial charge on any atom is -0.355 e. The minimum absolute atomic E-state index is 0.210. The number of carbonyl (C=O) groups is 1. The van der Waals surface area contributed by atoms with Gasteiger partial charge in [-0.05, 0) is 24.7 Å². The van der Waals surface area contributed by atoms with Gasteiger partial charge >= 0.3 is 0 Å². The fourth-order valence-electron chi connectivity index (χ4n) is 2.28. The van der Waals surface area contributed by atoms with Crippen LogP contribution in [0.3, 0.4) is 0 Å². The molecule has 0 saturated carbocycles. The van der Waals surface area contributed by atoms with Crippen LogP contribution in [0.4, 0.5) is 0 Å². The summed E-state index contributed by atoms with van der Waals surface area (Å²) in [6.07, 6.45) is 11.4. The van der Waals surface area contributed by atoms with Gasteiger partial charge in [0.1, 0.15) is 0 Å². The van der Waals surface area contributed by atoms with Crippen LogP contribution in [0.25, 0.3) is 0 Å². The summed E-state index contributed by atoms with van der Waals surface area (Å²) in [5, 5.41) is 3.00. The highest BCUT2D eigenvalue weighted by atomic mass is 33.1. The lowest BCUT2D eigenvalue weighted by Gasteiger charge is -2.06. The Morgan fingerprint density at radius 3 is 2.00 bits per heavy atom. The van der Waals surface area contributed by atoms with Crippen LogP contribution in [0.15, 0.2) is 0 Å². The molecule has 0 aliphatic heterocycles. The van der Waals surface area contributed by atoms with Crippen LogP contribution in [0.5, 0.6) is 0 Å². The fraction of sp³-hybridized carbons (Fsp3) is 0.947. The van der Waals surface area contributed by atoms with Gasteiger partial charge in [-0.1, -0.05) is 87.8 Å². The highest BCUT2D eigenvalue weighted by molar-refractivity contribution is 8.76. The molecule has 0 aromatic carbocycles. The van der Waals surface area contributed by atoms with Gasteiger partial charge in [-0.3, -0.25) is 4.79 Å². The number of nitrogens with one attached hydrogen (secondary N) is 1. The first kappa shape index (κ1) is 23.2. The molecule has 0 aliphatic carbocycles. The summed E-state index contributed by atoms with van der Waals surface area (Å²) >= 11 is 0. The Labute approximate surface area is 153 Å². The average molecular weight is 362 g/mol. The zero-order valence-electron chi connectivity index (χ0n) is 15.9. The van der Waals surface area contributed by atoms with E-state index in [9.17, 15) is 4.79 Å². The Bertz CT molecular complexity index is 270. The van der Waals surface area contributed by atoms with Crippen molar-refractivity contribution >= 4 is 27.5 Å². The number of unbranched alkanes of at least 4 members (excludes halogenated alkanes) is 5. The Morgan fingerprint density at radius 2 is 1.35 bits per heavy atom. The molecular weight excluding hydrogens is 322 g/mol. The van der Waals surface area contributed by atoms with Crippen molar-refractivity contribution in [2.75, 3.05) is 18.1 Å². The molecule has 4 heteroatoms. The van der Waals surface area contributed by atoms with Gasteiger partial charge in [0.15, 0.2) is 0 Å². The first-order chi connectivity index (χ1) is 11.0. The molecule has 0 aromatic rings. The second-order valence-corrected chi connectivity index (χ2v) is 9.93. The summed E-state index contributed by atoms with van der Waals surface area (Å²) < 4.78 is 0. The number of rotatable bonds is 16. The summed E-state index contributed by atoms with van der Waals surface area (Å²) in [5.74, 6) is 3.96. The van der Waals surface area contributed by atoms with Gasteiger partial charge in [-0.2, -0.15) is 0 Å². The van der Waals surface area contributed by atoms with E-state index < -0.39 is 0 Å². The number of hydrogen-bond acceptors (Lipinski definition) is 3. The number of carbonyl (C=O) groups excluding carboxylic acids is 1. The van der Waals surface area contributed by atoms with Crippen LogP contribution >= 0.6 is 21.6 Å². The maximum atomic E-state index is 11.5. The summed E-state index contributed by atoms with van der Waals surface area (Å²) in [7, 11) is 3.86. The van der Waals surface area contributed by atoms with Crippen molar-refractivity contribution in [3.63, 3.8) is 0 Å². The molecule has 0 fully saturated rings. The maximum absolute atomic E-state index is 11.5. The van der Waals surface area contributed by atoms with Gasteiger partial charge in [0.2, 0.25) is 5.91 Å². The van der Waals surface area contributed by atoms with Crippen LogP contribution in [-0.2, 0) is 4.79 Å². The van der Waals surface area contributed by atoms with Crippen molar-refractivity contribution in [3.05, 3.63) is 0 Å². The monoisotopic (exact) mass is 361 g/mol. The number of hydrogen-bond donors (Lipinski definition) is 1. The maximum Gasteiger partial charge on any atom is 0.220 e. The standard InChI is InChI=1S/C19H39NOS2/c1-17(2)11-9-7-5-6-8-10-15-22-23-16-14-20-19(21)13-12-18(3)4/h17-18H,5-16H2,1-4H3,(H,20,21). The predicted molar refractivity (Wildman–Crippen MR) is 109 cm³/mol. The Balaban J connectivity index is 3.12. The third-order valence-electron chi connectivity index (χ3n) is 3.80. The zero-order chi connectivity index (χ0) is 17.3. The summed E-state index contributed by atoms with van der Waals surface area (Å²) in [6, 6.07) is 0. The van der Waals surface area contributed by atoms with Gasteiger partial charge in [-0.15, -0.1) is 0 Å². The molecule has 2 nitrogen and oxygen atoms in total. The van der Waals surface area contributed by atoms with E-state index in [1.807, 2.05) is 21.6 Å². The molecule has 0 aliphatic rings. The molecule has 0 radical (unpaired) electrons. The van der Waals surface area contributed by atoms with E-state index in [4.69, 9.17) is 0 Å². The highest BCUT2D eigenvalue weighted by Gasteiger charge is 2.02. The van der Waals surface area contributed by atoms with Crippen molar-refractivity contribution in [1.29, 1.82) is 0 Å². The van der Waals surface area contributed by atoms with Crippen LogP contribution in [-0.4, -0.2) is 24.0 Å². The van der Waals surface area contributed by atoms with Crippen molar-refractivity contribution in [2.24, 2.45) is 11.8 Å². The first-order valence-electron chi connectivity index (χ1n) is 9.53. The fourth-order valence-corrected chi connectivity index (χ4v) is 4.33. The second-order valence-electron chi connectivity index (χ2n) is 7.23. The van der Waals surface area contributed by atoms with E-state index in [2.05, 4.69) is 33.0 Å². The number of amides is 1. The third-order valence-corrected chi connectivity index (χ3v) is 6.29. The molecule has 0 spiro atoms. The van der Waals surface area contributed by atoms with Crippen LogP contribution < -0.4 is 5.32 Å². The molecule has 0 rings (SSSR count). The molecule has 0 atom stereocenters. The quantitative estimate of drug-likeness (QED) is 0.258. The molecule has 0 aromatic heterocycles.